The third-order valence-electron chi connectivity index (χ3n) is 1.69. The zero-order valence-corrected chi connectivity index (χ0v) is 5.89. The van der Waals surface area contributed by atoms with Crippen LogP contribution in [0.15, 0.2) is 0 Å². The first-order valence-electron chi connectivity index (χ1n) is 3.50. The van der Waals surface area contributed by atoms with Crippen LogP contribution in [0.1, 0.15) is 24.6 Å². The number of H-pyrrole nitrogens is 1. The molecule has 1 aromatic heterocycles. The Morgan fingerprint density at radius 3 is 2.90 bits per heavy atom. The molecule has 0 amide bonds. The molecule has 10 heavy (non-hydrogen) atoms. The lowest BCUT2D eigenvalue weighted by Gasteiger charge is -1.85. The molecular weight excluding hydrogens is 128 g/mol. The van der Waals surface area contributed by atoms with Gasteiger partial charge < -0.3 is 5.32 Å². The van der Waals surface area contributed by atoms with E-state index in [2.05, 4.69) is 20.5 Å². The van der Waals surface area contributed by atoms with E-state index in [-0.39, 0.29) is 0 Å². The summed E-state index contributed by atoms with van der Waals surface area (Å²) in [5.41, 5.74) is 0. The minimum atomic E-state index is 0.662. The lowest BCUT2D eigenvalue weighted by Crippen LogP contribution is -1.89. The number of hydrogen-bond acceptors (Lipinski definition) is 3. The average molecular weight is 138 g/mol. The number of rotatable bonds is 2. The van der Waals surface area contributed by atoms with Crippen LogP contribution in [-0.2, 0) is 0 Å². The summed E-state index contributed by atoms with van der Waals surface area (Å²) in [6.45, 7) is 0. The van der Waals surface area contributed by atoms with Crippen LogP contribution in [0.5, 0.6) is 0 Å². The van der Waals surface area contributed by atoms with Crippen molar-refractivity contribution in [1.82, 2.24) is 15.2 Å². The van der Waals surface area contributed by atoms with Gasteiger partial charge in [-0.1, -0.05) is 0 Å². The molecule has 1 saturated carbocycles. The Bertz CT molecular complexity index is 225. The van der Waals surface area contributed by atoms with Gasteiger partial charge in [0, 0.05) is 13.0 Å². The van der Waals surface area contributed by atoms with E-state index in [0.717, 1.165) is 5.82 Å². The molecule has 0 aliphatic heterocycles. The molecule has 0 unspecified atom stereocenters. The van der Waals surface area contributed by atoms with Crippen molar-refractivity contribution < 1.29 is 0 Å². The van der Waals surface area contributed by atoms with Gasteiger partial charge in [-0.05, 0) is 12.8 Å². The SMILES string of the molecule is CNc1n[nH]c(C2CC2)n1. The first-order chi connectivity index (χ1) is 4.90. The fraction of sp³-hybridized carbons (Fsp3) is 0.667. The molecule has 2 N–H and O–H groups in total. The lowest BCUT2D eigenvalue weighted by molar-refractivity contribution is 0.935. The van der Waals surface area contributed by atoms with E-state index in [1.807, 2.05) is 7.05 Å². The van der Waals surface area contributed by atoms with Crippen molar-refractivity contribution in [3.05, 3.63) is 5.82 Å². The molecule has 2 rings (SSSR count). The average Bonchev–Trinajstić information content (AvgIpc) is 2.70. The molecule has 4 nitrogen and oxygen atoms in total. The molecule has 1 aliphatic rings. The van der Waals surface area contributed by atoms with Crippen LogP contribution < -0.4 is 5.32 Å². The summed E-state index contributed by atoms with van der Waals surface area (Å²) in [6.07, 6.45) is 2.52. The smallest absolute Gasteiger partial charge is 0.241 e. The van der Waals surface area contributed by atoms with E-state index < -0.39 is 0 Å². The Hall–Kier alpha value is -1.06. The Labute approximate surface area is 59.1 Å². The molecule has 1 aliphatic carbocycles. The minimum Gasteiger partial charge on any atom is -0.356 e. The van der Waals surface area contributed by atoms with E-state index in [4.69, 9.17) is 0 Å². The standard InChI is InChI=1S/C6H10N4/c1-7-6-8-5(9-10-6)4-2-3-4/h4H,2-3H2,1H3,(H2,7,8,9,10). The minimum absolute atomic E-state index is 0.662. The highest BCUT2D eigenvalue weighted by atomic mass is 15.3. The fourth-order valence-corrected chi connectivity index (χ4v) is 0.925. The van der Waals surface area contributed by atoms with Crippen LogP contribution in [0.25, 0.3) is 0 Å². The molecule has 0 bridgehead atoms. The van der Waals surface area contributed by atoms with Crippen LogP contribution in [0.3, 0.4) is 0 Å². The van der Waals surface area contributed by atoms with Gasteiger partial charge in [-0.3, -0.25) is 5.10 Å². The second-order valence-electron chi connectivity index (χ2n) is 2.57. The predicted molar refractivity (Wildman–Crippen MR) is 37.9 cm³/mol. The van der Waals surface area contributed by atoms with E-state index in [0.29, 0.717) is 11.9 Å². The molecule has 54 valence electrons. The summed E-state index contributed by atoms with van der Waals surface area (Å²) in [5.74, 6) is 2.39. The highest BCUT2D eigenvalue weighted by Crippen LogP contribution is 2.37. The monoisotopic (exact) mass is 138 g/mol. The normalized spacial score (nSPS) is 17.3. The van der Waals surface area contributed by atoms with Gasteiger partial charge in [0.25, 0.3) is 0 Å². The third-order valence-corrected chi connectivity index (χ3v) is 1.69. The molecule has 1 heterocycles. The number of hydrogen-bond donors (Lipinski definition) is 2. The van der Waals surface area contributed by atoms with Gasteiger partial charge in [-0.25, -0.2) is 0 Å². The topological polar surface area (TPSA) is 53.6 Å². The van der Waals surface area contributed by atoms with Crippen molar-refractivity contribution in [2.24, 2.45) is 0 Å². The molecule has 1 aromatic rings. The van der Waals surface area contributed by atoms with Crippen molar-refractivity contribution in [3.63, 3.8) is 0 Å². The quantitative estimate of drug-likeness (QED) is 0.633. The van der Waals surface area contributed by atoms with Crippen molar-refractivity contribution in [2.75, 3.05) is 12.4 Å². The molecule has 0 atom stereocenters. The maximum absolute atomic E-state index is 4.21. The Kier molecular flexibility index (Phi) is 1.12. The van der Waals surface area contributed by atoms with Gasteiger partial charge >= 0.3 is 0 Å². The van der Waals surface area contributed by atoms with Crippen LogP contribution in [0, 0.1) is 0 Å². The molecule has 0 spiro atoms. The van der Waals surface area contributed by atoms with Crippen molar-refractivity contribution in [3.8, 4) is 0 Å². The van der Waals surface area contributed by atoms with Crippen LogP contribution in [0.4, 0.5) is 5.95 Å². The number of aromatic amines is 1. The molecule has 0 aromatic carbocycles. The molecule has 0 saturated heterocycles. The first-order valence-corrected chi connectivity index (χ1v) is 3.50. The van der Waals surface area contributed by atoms with E-state index in [9.17, 15) is 0 Å². The molecule has 1 fully saturated rings. The number of anilines is 1. The summed E-state index contributed by atoms with van der Waals surface area (Å²) < 4.78 is 0. The first kappa shape index (κ1) is 5.70. The van der Waals surface area contributed by atoms with Crippen molar-refractivity contribution in [1.29, 1.82) is 0 Å². The summed E-state index contributed by atoms with van der Waals surface area (Å²) in [5, 5.41) is 9.72. The van der Waals surface area contributed by atoms with Gasteiger partial charge in [-0.15, -0.1) is 5.10 Å². The summed E-state index contributed by atoms with van der Waals surface area (Å²) >= 11 is 0. The summed E-state index contributed by atoms with van der Waals surface area (Å²) in [7, 11) is 1.82. The van der Waals surface area contributed by atoms with Gasteiger partial charge in [0.1, 0.15) is 5.82 Å². The van der Waals surface area contributed by atoms with Gasteiger partial charge in [0.05, 0.1) is 0 Å². The second kappa shape index (κ2) is 1.97. The van der Waals surface area contributed by atoms with Crippen LogP contribution >= 0.6 is 0 Å². The van der Waals surface area contributed by atoms with Crippen LogP contribution in [0.2, 0.25) is 0 Å². The number of nitrogens with one attached hydrogen (secondary N) is 2. The fourth-order valence-electron chi connectivity index (χ4n) is 0.925. The zero-order valence-electron chi connectivity index (χ0n) is 5.89. The summed E-state index contributed by atoms with van der Waals surface area (Å²) in [6, 6.07) is 0. The molecule has 0 radical (unpaired) electrons. The largest absolute Gasteiger partial charge is 0.356 e. The number of aromatic nitrogens is 3. The highest BCUT2D eigenvalue weighted by molar-refractivity contribution is 5.22. The zero-order chi connectivity index (χ0) is 6.97. The van der Waals surface area contributed by atoms with Gasteiger partial charge in [0.15, 0.2) is 0 Å². The van der Waals surface area contributed by atoms with E-state index in [1.165, 1.54) is 12.8 Å². The second-order valence-corrected chi connectivity index (χ2v) is 2.57. The Morgan fingerprint density at radius 2 is 2.40 bits per heavy atom. The number of nitrogens with zero attached hydrogens (tertiary/aromatic N) is 2. The lowest BCUT2D eigenvalue weighted by atomic mass is 10.4. The highest BCUT2D eigenvalue weighted by Gasteiger charge is 2.26. The van der Waals surface area contributed by atoms with Crippen LogP contribution in [-0.4, -0.2) is 22.2 Å². The molecule has 4 heteroatoms. The maximum atomic E-state index is 4.21. The Morgan fingerprint density at radius 1 is 1.60 bits per heavy atom. The third kappa shape index (κ3) is 0.853. The van der Waals surface area contributed by atoms with Crippen molar-refractivity contribution in [2.45, 2.75) is 18.8 Å². The summed E-state index contributed by atoms with van der Waals surface area (Å²) in [4.78, 5) is 4.21. The molecular formula is C6H10N4. The van der Waals surface area contributed by atoms with Gasteiger partial charge in [0.2, 0.25) is 5.95 Å². The van der Waals surface area contributed by atoms with E-state index in [1.54, 1.807) is 0 Å². The predicted octanol–water partition coefficient (Wildman–Crippen LogP) is 0.724. The Balaban J connectivity index is 2.19. The van der Waals surface area contributed by atoms with Crippen molar-refractivity contribution >= 4 is 5.95 Å². The van der Waals surface area contributed by atoms with Gasteiger partial charge in [-0.2, -0.15) is 4.98 Å². The maximum Gasteiger partial charge on any atom is 0.241 e. The van der Waals surface area contributed by atoms with E-state index >= 15 is 0 Å².